The van der Waals surface area contributed by atoms with Crippen molar-refractivity contribution in [1.82, 2.24) is 20.0 Å². The van der Waals surface area contributed by atoms with Crippen LogP contribution in [0.1, 0.15) is 6.85 Å². The quantitative estimate of drug-likeness (QED) is 0.744. The fraction of sp³-hybridized carbons (Fsp3) is 0. The standard InChI is InChI=1S/C7H5BrN4/c8-7-5-12(11-10-7)6-1-3-9-4-2-6/h1-5H/i1D,2D,3D,4D,5D. The zero-order valence-electron chi connectivity index (χ0n) is 10.7. The Bertz CT molecular complexity index is 572. The molecule has 0 aliphatic rings. The maximum atomic E-state index is 7.64. The van der Waals surface area contributed by atoms with Crippen LogP contribution in [-0.2, 0) is 0 Å². The van der Waals surface area contributed by atoms with Gasteiger partial charge in [-0.05, 0) is 28.0 Å². The lowest BCUT2D eigenvalue weighted by Gasteiger charge is -1.95. The molecular formula is C7H5BrN4. The largest absolute Gasteiger partial charge is 0.265 e. The minimum Gasteiger partial charge on any atom is -0.265 e. The second-order valence-corrected chi connectivity index (χ2v) is 2.59. The van der Waals surface area contributed by atoms with Crippen LogP contribution in [0.25, 0.3) is 5.69 Å². The van der Waals surface area contributed by atoms with Crippen molar-refractivity contribution in [3.63, 3.8) is 0 Å². The topological polar surface area (TPSA) is 43.6 Å². The maximum Gasteiger partial charge on any atom is 0.148 e. The predicted octanol–water partition coefficient (Wildman–Crippen LogP) is 1.42. The van der Waals surface area contributed by atoms with Crippen LogP contribution in [0.4, 0.5) is 0 Å². The molecule has 0 saturated heterocycles. The van der Waals surface area contributed by atoms with E-state index in [2.05, 4.69) is 31.2 Å². The Morgan fingerprint density at radius 1 is 1.42 bits per heavy atom. The Labute approximate surface area is 84.4 Å². The first kappa shape index (κ1) is 3.66. The highest BCUT2D eigenvalue weighted by Crippen LogP contribution is 2.07. The zero-order chi connectivity index (χ0) is 12.7. The van der Waals surface area contributed by atoms with Crippen molar-refractivity contribution in [2.75, 3.05) is 0 Å². The number of hydrogen-bond acceptors (Lipinski definition) is 3. The SMILES string of the molecule is [2H]c1nc([2H])c([2H])c(-n2nnc(Br)c2[2H])c1[2H]. The van der Waals surface area contributed by atoms with Gasteiger partial charge < -0.3 is 0 Å². The molecule has 2 aromatic rings. The molecule has 0 radical (unpaired) electrons. The van der Waals surface area contributed by atoms with Gasteiger partial charge in [0.15, 0.2) is 0 Å². The molecule has 4 nitrogen and oxygen atoms in total. The van der Waals surface area contributed by atoms with Crippen molar-refractivity contribution in [3.05, 3.63) is 35.2 Å². The van der Waals surface area contributed by atoms with E-state index in [9.17, 15) is 0 Å². The Kier molecular flexibility index (Phi) is 0.920. The van der Waals surface area contributed by atoms with Gasteiger partial charge in [0.2, 0.25) is 0 Å². The maximum absolute atomic E-state index is 7.64. The van der Waals surface area contributed by atoms with E-state index < -0.39 is 12.3 Å². The zero-order valence-corrected chi connectivity index (χ0v) is 7.25. The van der Waals surface area contributed by atoms with E-state index >= 15 is 0 Å². The van der Waals surface area contributed by atoms with Crippen LogP contribution in [0, 0.1) is 0 Å². The Morgan fingerprint density at radius 3 is 2.75 bits per heavy atom. The first-order valence-electron chi connectivity index (χ1n) is 5.46. The van der Waals surface area contributed by atoms with Crippen LogP contribution >= 0.6 is 15.9 Å². The smallest absolute Gasteiger partial charge is 0.148 e. The molecule has 2 heterocycles. The molecule has 0 fully saturated rings. The van der Waals surface area contributed by atoms with Crippen LogP contribution in [-0.4, -0.2) is 20.0 Å². The van der Waals surface area contributed by atoms with Crippen molar-refractivity contribution < 1.29 is 6.85 Å². The molecule has 12 heavy (non-hydrogen) atoms. The van der Waals surface area contributed by atoms with Crippen LogP contribution < -0.4 is 0 Å². The van der Waals surface area contributed by atoms with Gasteiger partial charge in [0.1, 0.15) is 4.60 Å². The second kappa shape index (κ2) is 3.02. The first-order chi connectivity index (χ1) is 7.93. The molecule has 0 spiro atoms. The molecule has 0 atom stereocenters. The summed E-state index contributed by atoms with van der Waals surface area (Å²) in [5.74, 6) is 0. The monoisotopic (exact) mass is 229 g/mol. The second-order valence-electron chi connectivity index (χ2n) is 1.84. The van der Waals surface area contributed by atoms with E-state index in [0.29, 0.717) is 0 Å². The molecule has 0 aromatic carbocycles. The normalized spacial score (nSPS) is 15.9. The molecule has 0 N–H and O–H groups in total. The summed E-state index contributed by atoms with van der Waals surface area (Å²) in [6.07, 6.45) is -1.03. The highest BCUT2D eigenvalue weighted by atomic mass is 79.9. The van der Waals surface area contributed by atoms with Gasteiger partial charge in [-0.3, -0.25) is 4.98 Å². The molecule has 0 saturated carbocycles. The summed E-state index contributed by atoms with van der Waals surface area (Å²) in [6.45, 7) is 0. The predicted molar refractivity (Wildman–Crippen MR) is 46.9 cm³/mol. The van der Waals surface area contributed by atoms with Gasteiger partial charge in [0, 0.05) is 12.3 Å². The summed E-state index contributed by atoms with van der Waals surface area (Å²) in [4.78, 5) is 3.42. The summed E-state index contributed by atoms with van der Waals surface area (Å²) in [7, 11) is 0. The van der Waals surface area contributed by atoms with Crippen molar-refractivity contribution in [2.45, 2.75) is 0 Å². The highest BCUT2D eigenvalue weighted by Gasteiger charge is 1.97. The van der Waals surface area contributed by atoms with E-state index in [1.54, 1.807) is 0 Å². The van der Waals surface area contributed by atoms with Gasteiger partial charge in [0.05, 0.1) is 18.7 Å². The fourth-order valence-corrected chi connectivity index (χ4v) is 0.883. The third kappa shape index (κ3) is 1.35. The summed E-state index contributed by atoms with van der Waals surface area (Å²) < 4.78 is 38.8. The van der Waals surface area contributed by atoms with Gasteiger partial charge in [-0.2, -0.15) is 0 Å². The van der Waals surface area contributed by atoms with E-state index in [4.69, 9.17) is 6.85 Å². The molecule has 0 amide bonds. The van der Waals surface area contributed by atoms with Crippen LogP contribution in [0.5, 0.6) is 0 Å². The number of hydrogen-bond donors (Lipinski definition) is 0. The Balaban J connectivity index is 2.79. The van der Waals surface area contributed by atoms with Crippen molar-refractivity contribution in [3.8, 4) is 5.69 Å². The van der Waals surface area contributed by atoms with Gasteiger partial charge >= 0.3 is 0 Å². The third-order valence-corrected chi connectivity index (χ3v) is 1.43. The summed E-state index contributed by atoms with van der Waals surface area (Å²) >= 11 is 2.99. The van der Waals surface area contributed by atoms with Gasteiger partial charge in [-0.1, -0.05) is 5.21 Å². The summed E-state index contributed by atoms with van der Waals surface area (Å²) in [5.41, 5.74) is -0.141. The van der Waals surface area contributed by atoms with Crippen LogP contribution in [0.15, 0.2) is 35.2 Å². The molecule has 5 heteroatoms. The molecular weight excluding hydrogens is 220 g/mol. The lowest BCUT2D eigenvalue weighted by molar-refractivity contribution is 0.800. The number of rotatable bonds is 1. The van der Waals surface area contributed by atoms with Gasteiger partial charge in [-0.25, -0.2) is 4.68 Å². The highest BCUT2D eigenvalue weighted by molar-refractivity contribution is 9.10. The average Bonchev–Trinajstić information content (AvgIpc) is 2.59. The number of aromatic nitrogens is 4. The summed E-state index contributed by atoms with van der Waals surface area (Å²) in [5, 5.41) is 7.15. The third-order valence-electron chi connectivity index (χ3n) is 1.09. The number of halogens is 1. The molecule has 0 bridgehead atoms. The Hall–Kier alpha value is -1.23. The lowest BCUT2D eigenvalue weighted by atomic mass is 10.4. The average molecular weight is 230 g/mol. The van der Waals surface area contributed by atoms with Crippen molar-refractivity contribution >= 4 is 15.9 Å². The minimum absolute atomic E-state index is 0.141. The molecule has 0 unspecified atom stereocenters. The Morgan fingerprint density at radius 2 is 2.17 bits per heavy atom. The van der Waals surface area contributed by atoms with E-state index in [0.717, 1.165) is 4.68 Å². The van der Waals surface area contributed by atoms with Gasteiger partial charge in [-0.15, -0.1) is 5.10 Å². The number of nitrogens with zero attached hydrogens (tertiary/aromatic N) is 4. The molecule has 2 rings (SSSR count). The van der Waals surface area contributed by atoms with Crippen molar-refractivity contribution in [2.24, 2.45) is 0 Å². The fourth-order valence-electron chi connectivity index (χ4n) is 0.644. The first-order valence-corrected chi connectivity index (χ1v) is 3.75. The van der Waals surface area contributed by atoms with E-state index in [1.165, 1.54) is 0 Å². The molecule has 60 valence electrons. The van der Waals surface area contributed by atoms with Crippen LogP contribution in [0.2, 0.25) is 0 Å². The molecule has 2 aromatic heterocycles. The van der Waals surface area contributed by atoms with Crippen molar-refractivity contribution in [1.29, 1.82) is 0 Å². The van der Waals surface area contributed by atoms with E-state index in [-0.39, 0.29) is 28.5 Å². The van der Waals surface area contributed by atoms with Crippen LogP contribution in [0.3, 0.4) is 0 Å². The number of pyridine rings is 1. The molecule has 0 aliphatic carbocycles. The van der Waals surface area contributed by atoms with Gasteiger partial charge in [0.25, 0.3) is 0 Å². The molecule has 0 aliphatic heterocycles. The lowest BCUT2D eigenvalue weighted by Crippen LogP contribution is -1.94. The minimum atomic E-state index is -0.438. The van der Waals surface area contributed by atoms with E-state index in [1.807, 2.05) is 0 Å². The summed E-state index contributed by atoms with van der Waals surface area (Å²) in [6, 6.07) is -0.728.